The molecule has 0 aromatic carbocycles. The maximum atomic E-state index is 13.2. The minimum absolute atomic E-state index is 0.181. The lowest BCUT2D eigenvalue weighted by atomic mass is 9.82. The number of carbonyl (C=O) groups excluding carboxylic acids is 1. The summed E-state index contributed by atoms with van der Waals surface area (Å²) >= 11 is 0. The van der Waals surface area contributed by atoms with Crippen molar-refractivity contribution in [2.75, 3.05) is 0 Å². The Balaban J connectivity index is 2.01. The quantitative estimate of drug-likeness (QED) is 0.300. The summed E-state index contributed by atoms with van der Waals surface area (Å²) in [6.07, 6.45) is 38.7. The van der Waals surface area contributed by atoms with E-state index in [4.69, 9.17) is 5.73 Å². The minimum atomic E-state index is -0.181. The number of hydrogen-bond donors (Lipinski definition) is 1. The summed E-state index contributed by atoms with van der Waals surface area (Å²) in [5, 5.41) is 0. The van der Waals surface area contributed by atoms with Crippen LogP contribution in [0.3, 0.4) is 0 Å². The molecule has 1 amide bonds. The fourth-order valence-corrected chi connectivity index (χ4v) is 6.44. The average molecular weight is 494 g/mol. The van der Waals surface area contributed by atoms with Gasteiger partial charge in [-0.15, -0.1) is 0 Å². The maximum Gasteiger partial charge on any atom is 0.245 e. The predicted octanol–water partition coefficient (Wildman–Crippen LogP) is 10.3. The van der Waals surface area contributed by atoms with Gasteiger partial charge in [0.1, 0.15) is 0 Å². The zero-order chi connectivity index (χ0) is 25.3. The summed E-state index contributed by atoms with van der Waals surface area (Å²) in [6.45, 7) is 0. The van der Waals surface area contributed by atoms with E-state index in [1.165, 1.54) is 138 Å². The third-order valence-electron chi connectivity index (χ3n) is 8.61. The molecule has 0 aliphatic heterocycles. The molecule has 0 fully saturated rings. The summed E-state index contributed by atoms with van der Waals surface area (Å²) in [5.74, 6) is -0.181. The number of rotatable bonds is 5. The first-order valence-corrected chi connectivity index (χ1v) is 15.9. The molecule has 36 heavy (non-hydrogen) atoms. The fourth-order valence-electron chi connectivity index (χ4n) is 6.44. The van der Waals surface area contributed by atoms with Gasteiger partial charge in [0.05, 0.1) is 0 Å². The van der Waals surface area contributed by atoms with Gasteiger partial charge in [-0.25, -0.2) is 0 Å². The molecule has 2 heteroatoms. The van der Waals surface area contributed by atoms with E-state index in [1.807, 2.05) is 0 Å². The highest BCUT2D eigenvalue weighted by Gasteiger charge is 2.21. The predicted molar refractivity (Wildman–Crippen MR) is 156 cm³/mol. The van der Waals surface area contributed by atoms with Crippen molar-refractivity contribution in [3.63, 3.8) is 0 Å². The normalized spacial score (nSPS) is 27.6. The van der Waals surface area contributed by atoms with Crippen LogP contribution < -0.4 is 5.73 Å². The van der Waals surface area contributed by atoms with Crippen LogP contribution in [0.4, 0.5) is 0 Å². The summed E-state index contributed by atoms with van der Waals surface area (Å²) in [4.78, 5) is 13.2. The van der Waals surface area contributed by atoms with Gasteiger partial charge in [-0.05, 0) is 100 Å². The molecule has 0 radical (unpaired) electrons. The van der Waals surface area contributed by atoms with Gasteiger partial charge in [0.25, 0.3) is 0 Å². The second-order valence-corrected chi connectivity index (χ2v) is 11.7. The van der Waals surface area contributed by atoms with E-state index in [0.29, 0.717) is 0 Å². The highest BCUT2D eigenvalue weighted by Crippen LogP contribution is 2.36. The van der Waals surface area contributed by atoms with Crippen LogP contribution in [-0.4, -0.2) is 5.91 Å². The van der Waals surface area contributed by atoms with Crippen LogP contribution in [0.2, 0.25) is 0 Å². The molecule has 3 aliphatic carbocycles. The molecule has 0 spiro atoms. The van der Waals surface area contributed by atoms with E-state index in [9.17, 15) is 4.79 Å². The third-order valence-corrected chi connectivity index (χ3v) is 8.61. The Labute approximate surface area is 223 Å². The molecular formula is C34H55NO. The SMILES string of the molecule is NC(=O)C(C/C1=C/CCCCCCCC1)=C(/C1=C\CCCCCCCC1)/C1=C/CCCCCCCC1. The Kier molecular flexibility index (Phi) is 14.3. The standard InChI is InChI=1S/C34H55NO/c35-34(36)32(28-29-22-16-10-4-1-5-11-17-23-29)33(30-24-18-12-6-2-7-13-19-25-30)31-26-20-14-8-3-9-15-21-27-31/h22,24,26H,1-21,23,25,27-28H2,(H2,35,36)/b29-22+,30-24-,31-26+,33-32?. The van der Waals surface area contributed by atoms with Crippen molar-refractivity contribution in [1.29, 1.82) is 0 Å². The van der Waals surface area contributed by atoms with Crippen molar-refractivity contribution in [3.05, 3.63) is 46.1 Å². The highest BCUT2D eigenvalue weighted by molar-refractivity contribution is 5.95. The van der Waals surface area contributed by atoms with Gasteiger partial charge in [-0.2, -0.15) is 0 Å². The van der Waals surface area contributed by atoms with Gasteiger partial charge in [-0.1, -0.05) is 101 Å². The molecular weight excluding hydrogens is 438 g/mol. The second-order valence-electron chi connectivity index (χ2n) is 11.7. The molecule has 2 N–H and O–H groups in total. The van der Waals surface area contributed by atoms with E-state index in [2.05, 4.69) is 18.2 Å². The van der Waals surface area contributed by atoms with Crippen molar-refractivity contribution < 1.29 is 4.79 Å². The number of nitrogens with two attached hydrogens (primary N) is 1. The van der Waals surface area contributed by atoms with E-state index < -0.39 is 0 Å². The lowest BCUT2D eigenvalue weighted by Crippen LogP contribution is -2.19. The van der Waals surface area contributed by atoms with E-state index in [0.717, 1.165) is 50.5 Å². The van der Waals surface area contributed by atoms with Crippen molar-refractivity contribution in [3.8, 4) is 0 Å². The highest BCUT2D eigenvalue weighted by atomic mass is 16.1. The minimum Gasteiger partial charge on any atom is -0.366 e. The first-order valence-electron chi connectivity index (χ1n) is 15.9. The number of amides is 1. The van der Waals surface area contributed by atoms with E-state index >= 15 is 0 Å². The van der Waals surface area contributed by atoms with Crippen LogP contribution in [-0.2, 0) is 4.79 Å². The number of allylic oxidation sites excluding steroid dienone is 7. The second kappa shape index (κ2) is 17.8. The summed E-state index contributed by atoms with van der Waals surface area (Å²) in [7, 11) is 0. The summed E-state index contributed by atoms with van der Waals surface area (Å²) in [6, 6.07) is 0. The van der Waals surface area contributed by atoms with Crippen molar-refractivity contribution in [2.24, 2.45) is 5.73 Å². The lowest BCUT2D eigenvalue weighted by Gasteiger charge is -2.23. The molecule has 0 heterocycles. The molecule has 0 saturated carbocycles. The molecule has 0 saturated heterocycles. The monoisotopic (exact) mass is 493 g/mol. The first-order chi connectivity index (χ1) is 17.8. The van der Waals surface area contributed by atoms with Gasteiger partial charge < -0.3 is 5.73 Å². The van der Waals surface area contributed by atoms with Gasteiger partial charge in [-0.3, -0.25) is 4.79 Å². The van der Waals surface area contributed by atoms with Gasteiger partial charge in [0.2, 0.25) is 5.91 Å². The number of carbonyl (C=O) groups is 1. The molecule has 3 rings (SSSR count). The molecule has 0 aromatic heterocycles. The van der Waals surface area contributed by atoms with Crippen LogP contribution in [0.25, 0.3) is 0 Å². The molecule has 0 bridgehead atoms. The Morgan fingerprint density at radius 3 is 1.39 bits per heavy atom. The van der Waals surface area contributed by atoms with Crippen LogP contribution in [0.5, 0.6) is 0 Å². The first kappa shape index (κ1) is 29.0. The van der Waals surface area contributed by atoms with Gasteiger partial charge >= 0.3 is 0 Å². The largest absolute Gasteiger partial charge is 0.366 e. The molecule has 3 aliphatic rings. The topological polar surface area (TPSA) is 43.1 Å². The third kappa shape index (κ3) is 10.8. The van der Waals surface area contributed by atoms with Crippen molar-refractivity contribution in [1.82, 2.24) is 0 Å². The molecule has 0 unspecified atom stereocenters. The smallest absolute Gasteiger partial charge is 0.245 e. The summed E-state index contributed by atoms with van der Waals surface area (Å²) < 4.78 is 0. The Morgan fingerprint density at radius 1 is 0.528 bits per heavy atom. The van der Waals surface area contributed by atoms with Crippen LogP contribution in [0.1, 0.15) is 161 Å². The van der Waals surface area contributed by atoms with Crippen molar-refractivity contribution >= 4 is 5.91 Å². The summed E-state index contributed by atoms with van der Waals surface area (Å²) in [5.41, 5.74) is 12.8. The lowest BCUT2D eigenvalue weighted by molar-refractivity contribution is -0.114. The number of hydrogen-bond acceptors (Lipinski definition) is 1. The Morgan fingerprint density at radius 2 is 0.917 bits per heavy atom. The van der Waals surface area contributed by atoms with Crippen LogP contribution in [0.15, 0.2) is 46.1 Å². The van der Waals surface area contributed by atoms with Gasteiger partial charge in [0, 0.05) is 5.57 Å². The maximum absolute atomic E-state index is 13.2. The van der Waals surface area contributed by atoms with Crippen LogP contribution >= 0.6 is 0 Å². The van der Waals surface area contributed by atoms with Crippen molar-refractivity contribution in [2.45, 2.75) is 161 Å². The molecule has 202 valence electrons. The average Bonchev–Trinajstić information content (AvgIpc) is 2.89. The zero-order valence-corrected chi connectivity index (χ0v) is 23.4. The molecule has 0 aromatic rings. The number of primary amides is 1. The van der Waals surface area contributed by atoms with Gasteiger partial charge in [0.15, 0.2) is 0 Å². The van der Waals surface area contributed by atoms with E-state index in [-0.39, 0.29) is 5.91 Å². The Bertz CT molecular complexity index is 745. The molecule has 2 nitrogen and oxygen atoms in total. The van der Waals surface area contributed by atoms with Crippen LogP contribution in [0, 0.1) is 0 Å². The fraction of sp³-hybridized carbons (Fsp3) is 0.735. The van der Waals surface area contributed by atoms with E-state index in [1.54, 1.807) is 0 Å². The Hall–Kier alpha value is -1.57. The zero-order valence-electron chi connectivity index (χ0n) is 23.4. The molecule has 0 atom stereocenters.